The van der Waals surface area contributed by atoms with Crippen LogP contribution in [0.3, 0.4) is 0 Å². The Morgan fingerprint density at radius 2 is 1.93 bits per heavy atom. The molecule has 0 saturated carbocycles. The number of benzene rings is 2. The summed E-state index contributed by atoms with van der Waals surface area (Å²) in [7, 11) is 1.57. The number of carbonyl (C=O) groups excluding carboxylic acids is 2. The van der Waals surface area contributed by atoms with E-state index in [2.05, 4.69) is 5.32 Å². The molecule has 1 N–H and O–H groups in total. The van der Waals surface area contributed by atoms with Crippen LogP contribution in [0.2, 0.25) is 0 Å². The van der Waals surface area contributed by atoms with E-state index in [-0.39, 0.29) is 24.5 Å². The summed E-state index contributed by atoms with van der Waals surface area (Å²) in [5.41, 5.74) is 1.49. The summed E-state index contributed by atoms with van der Waals surface area (Å²) in [6, 6.07) is 14.3. The number of carbonyl (C=O) groups is 2. The van der Waals surface area contributed by atoms with E-state index in [0.29, 0.717) is 26.4 Å². The molecule has 3 rings (SSSR count). The van der Waals surface area contributed by atoms with Crippen LogP contribution in [0.1, 0.15) is 19.4 Å². The molecule has 2 aromatic rings. The van der Waals surface area contributed by atoms with E-state index in [1.54, 1.807) is 54.5 Å². The molecule has 0 unspecified atom stereocenters. The maximum Gasteiger partial charge on any atom is 0.266 e. The van der Waals surface area contributed by atoms with Crippen LogP contribution in [0.25, 0.3) is 6.08 Å². The van der Waals surface area contributed by atoms with Crippen LogP contribution in [0.5, 0.6) is 11.5 Å². The van der Waals surface area contributed by atoms with Gasteiger partial charge in [-0.2, -0.15) is 0 Å². The van der Waals surface area contributed by atoms with Crippen molar-refractivity contribution in [1.82, 2.24) is 4.90 Å². The Bertz CT molecular complexity index is 987. The molecule has 1 saturated heterocycles. The minimum absolute atomic E-state index is 0.0299. The molecule has 0 bridgehead atoms. The smallest absolute Gasteiger partial charge is 0.266 e. The van der Waals surface area contributed by atoms with E-state index in [1.807, 2.05) is 26.0 Å². The molecule has 0 atom stereocenters. The van der Waals surface area contributed by atoms with Crippen molar-refractivity contribution in [2.24, 2.45) is 0 Å². The summed E-state index contributed by atoms with van der Waals surface area (Å²) in [4.78, 5) is 26.8. The van der Waals surface area contributed by atoms with Crippen molar-refractivity contribution < 1.29 is 19.1 Å². The zero-order valence-electron chi connectivity index (χ0n) is 16.9. The molecule has 6 nitrogen and oxygen atoms in total. The van der Waals surface area contributed by atoms with E-state index in [1.165, 1.54) is 11.8 Å². The molecular weight excluding hydrogens is 420 g/mol. The van der Waals surface area contributed by atoms with Crippen molar-refractivity contribution in [3.8, 4) is 11.5 Å². The van der Waals surface area contributed by atoms with Crippen LogP contribution in [-0.4, -0.2) is 40.8 Å². The van der Waals surface area contributed by atoms with E-state index in [4.69, 9.17) is 21.7 Å². The molecule has 156 valence electrons. The number of nitrogens with zero attached hydrogens (tertiary/aromatic N) is 1. The average Bonchev–Trinajstić information content (AvgIpc) is 3.00. The van der Waals surface area contributed by atoms with Gasteiger partial charge < -0.3 is 14.8 Å². The van der Waals surface area contributed by atoms with Gasteiger partial charge in [0, 0.05) is 17.8 Å². The number of anilines is 1. The fourth-order valence-corrected chi connectivity index (χ4v) is 4.31. The molecule has 30 heavy (non-hydrogen) atoms. The Morgan fingerprint density at radius 3 is 2.57 bits per heavy atom. The zero-order chi connectivity index (χ0) is 21.7. The summed E-state index contributed by atoms with van der Waals surface area (Å²) in [6.07, 6.45) is 1.81. The minimum Gasteiger partial charge on any atom is -0.497 e. The molecule has 1 aliphatic heterocycles. The normalized spacial score (nSPS) is 15.1. The predicted molar refractivity (Wildman–Crippen MR) is 124 cm³/mol. The van der Waals surface area contributed by atoms with Crippen molar-refractivity contribution in [3.63, 3.8) is 0 Å². The van der Waals surface area contributed by atoms with Crippen molar-refractivity contribution in [1.29, 1.82) is 0 Å². The van der Waals surface area contributed by atoms with Crippen molar-refractivity contribution >= 4 is 51.9 Å². The quantitative estimate of drug-likeness (QED) is 0.509. The second-order valence-electron chi connectivity index (χ2n) is 6.78. The Hall–Kier alpha value is -2.84. The van der Waals surface area contributed by atoms with Crippen LogP contribution in [0, 0.1) is 0 Å². The second kappa shape index (κ2) is 9.77. The Kier molecular flexibility index (Phi) is 7.12. The number of amides is 2. The van der Waals surface area contributed by atoms with Gasteiger partial charge in [0.2, 0.25) is 0 Å². The van der Waals surface area contributed by atoms with Crippen LogP contribution < -0.4 is 14.8 Å². The lowest BCUT2D eigenvalue weighted by Gasteiger charge is -2.18. The molecule has 1 aliphatic rings. The maximum atomic E-state index is 12.5. The molecule has 0 spiro atoms. The summed E-state index contributed by atoms with van der Waals surface area (Å²) in [6.45, 7) is 3.75. The summed E-state index contributed by atoms with van der Waals surface area (Å²) in [5, 5.41) is 2.76. The molecule has 1 fully saturated rings. The molecule has 2 amide bonds. The summed E-state index contributed by atoms with van der Waals surface area (Å²) in [5.74, 6) is 0.872. The summed E-state index contributed by atoms with van der Waals surface area (Å²) < 4.78 is 11.3. The maximum absolute atomic E-state index is 12.5. The van der Waals surface area contributed by atoms with Crippen LogP contribution in [0.4, 0.5) is 5.69 Å². The number of thiocarbonyl (C=S) groups is 1. The number of ether oxygens (including phenoxy) is 2. The van der Waals surface area contributed by atoms with E-state index < -0.39 is 0 Å². The number of methoxy groups -OCH3 is 1. The van der Waals surface area contributed by atoms with Gasteiger partial charge in [0.05, 0.1) is 12.0 Å². The van der Waals surface area contributed by atoms with Gasteiger partial charge in [0.15, 0.2) is 6.61 Å². The van der Waals surface area contributed by atoms with Crippen molar-refractivity contribution in [3.05, 3.63) is 59.0 Å². The van der Waals surface area contributed by atoms with Gasteiger partial charge in [-0.1, -0.05) is 42.2 Å². The van der Waals surface area contributed by atoms with Crippen LogP contribution in [0.15, 0.2) is 53.4 Å². The third kappa shape index (κ3) is 5.40. The van der Waals surface area contributed by atoms with Crippen LogP contribution in [-0.2, 0) is 9.59 Å². The molecular formula is C22H22N2O4S2. The van der Waals surface area contributed by atoms with E-state index in [0.717, 1.165) is 5.56 Å². The molecule has 1 heterocycles. The molecule has 0 aromatic heterocycles. The van der Waals surface area contributed by atoms with Gasteiger partial charge in [0.1, 0.15) is 15.8 Å². The standard InChI is InChI=1S/C22H22N2O4S2/c1-14(2)24-21(26)19(30-22(24)29)11-15-7-9-17(10-8-15)28-13-20(25)23-16-5-4-6-18(12-16)27-3/h4-12,14H,13H2,1-3H3,(H,23,25)/b19-11-. The largest absolute Gasteiger partial charge is 0.497 e. The number of hydrogen-bond acceptors (Lipinski definition) is 6. The first-order valence-electron chi connectivity index (χ1n) is 9.31. The average molecular weight is 443 g/mol. The summed E-state index contributed by atoms with van der Waals surface area (Å²) >= 11 is 6.59. The van der Waals surface area contributed by atoms with Crippen molar-refractivity contribution in [2.45, 2.75) is 19.9 Å². The number of thioether (sulfide) groups is 1. The zero-order valence-corrected chi connectivity index (χ0v) is 18.5. The first-order chi connectivity index (χ1) is 14.4. The predicted octanol–water partition coefficient (Wildman–Crippen LogP) is 4.32. The topological polar surface area (TPSA) is 67.9 Å². The fourth-order valence-electron chi connectivity index (χ4n) is 2.78. The third-order valence-corrected chi connectivity index (χ3v) is 5.57. The highest BCUT2D eigenvalue weighted by Crippen LogP contribution is 2.34. The van der Waals surface area contributed by atoms with E-state index >= 15 is 0 Å². The molecule has 0 radical (unpaired) electrons. The van der Waals surface area contributed by atoms with Gasteiger partial charge in [-0.05, 0) is 49.8 Å². The van der Waals surface area contributed by atoms with Gasteiger partial charge >= 0.3 is 0 Å². The second-order valence-corrected chi connectivity index (χ2v) is 8.46. The SMILES string of the molecule is COc1cccc(NC(=O)COc2ccc(/C=C3\SC(=S)N(C(C)C)C3=O)cc2)c1. The van der Waals surface area contributed by atoms with Gasteiger partial charge in [-0.3, -0.25) is 14.5 Å². The van der Waals surface area contributed by atoms with E-state index in [9.17, 15) is 9.59 Å². The minimum atomic E-state index is -0.273. The van der Waals surface area contributed by atoms with Crippen molar-refractivity contribution in [2.75, 3.05) is 19.0 Å². The molecule has 0 aliphatic carbocycles. The first kappa shape index (κ1) is 21.9. The highest BCUT2D eigenvalue weighted by molar-refractivity contribution is 8.26. The molecule has 8 heteroatoms. The van der Waals surface area contributed by atoms with Gasteiger partial charge in [0.25, 0.3) is 11.8 Å². The highest BCUT2D eigenvalue weighted by Gasteiger charge is 2.33. The van der Waals surface area contributed by atoms with Crippen LogP contribution >= 0.6 is 24.0 Å². The third-order valence-electron chi connectivity index (χ3n) is 4.24. The lowest BCUT2D eigenvalue weighted by molar-refractivity contribution is -0.123. The Balaban J connectivity index is 1.56. The fraction of sp³-hybridized carbons (Fsp3) is 0.227. The monoisotopic (exact) mass is 442 g/mol. The lowest BCUT2D eigenvalue weighted by Crippen LogP contribution is -2.34. The highest BCUT2D eigenvalue weighted by atomic mass is 32.2. The number of rotatable bonds is 7. The van der Waals surface area contributed by atoms with Gasteiger partial charge in [-0.15, -0.1) is 0 Å². The van der Waals surface area contributed by atoms with Gasteiger partial charge in [-0.25, -0.2) is 0 Å². The molecule has 2 aromatic carbocycles. The Labute approximate surface area is 185 Å². The Morgan fingerprint density at radius 1 is 1.20 bits per heavy atom. The lowest BCUT2D eigenvalue weighted by atomic mass is 10.2. The first-order valence-corrected chi connectivity index (χ1v) is 10.5. The number of nitrogens with one attached hydrogen (secondary N) is 1. The number of hydrogen-bond donors (Lipinski definition) is 1.